The lowest BCUT2D eigenvalue weighted by molar-refractivity contribution is 0.102. The van der Waals surface area contributed by atoms with E-state index in [0.717, 1.165) is 35.1 Å². The van der Waals surface area contributed by atoms with Crippen LogP contribution in [0.25, 0.3) is 6.08 Å². The van der Waals surface area contributed by atoms with E-state index in [1.165, 1.54) is 11.1 Å². The molecule has 0 aromatic heterocycles. The number of Topliss-reactive ketones (excluding diaryl/α,β-unsaturated/α-hetero) is 1. The Kier molecular flexibility index (Phi) is 4.43. The van der Waals surface area contributed by atoms with Gasteiger partial charge in [0.05, 0.1) is 6.61 Å². The smallest absolute Gasteiger partial charge is 0.189 e. The van der Waals surface area contributed by atoms with Gasteiger partial charge in [-0.2, -0.15) is 0 Å². The van der Waals surface area contributed by atoms with Gasteiger partial charge in [-0.1, -0.05) is 17.7 Å². The van der Waals surface area contributed by atoms with Crippen LogP contribution in [0.15, 0.2) is 35.9 Å². The summed E-state index contributed by atoms with van der Waals surface area (Å²) in [7, 11) is 0. The number of carbonyl (C=O) groups excluding carboxylic acids is 1. The number of hydrogen-bond donors (Lipinski definition) is 1. The van der Waals surface area contributed by atoms with E-state index in [2.05, 4.69) is 13.0 Å². The summed E-state index contributed by atoms with van der Waals surface area (Å²) in [5.41, 5.74) is 5.98. The Morgan fingerprint density at radius 3 is 2.71 bits per heavy atom. The molecular formula is C21H22O3. The van der Waals surface area contributed by atoms with Crippen LogP contribution < -0.4 is 4.74 Å². The fraction of sp³-hybridized carbons (Fsp3) is 0.286. The minimum atomic E-state index is 0.106. The molecule has 3 heteroatoms. The van der Waals surface area contributed by atoms with Crippen molar-refractivity contribution in [3.05, 3.63) is 63.7 Å². The highest BCUT2D eigenvalue weighted by molar-refractivity contribution is 6.13. The van der Waals surface area contributed by atoms with E-state index in [4.69, 9.17) is 4.74 Å². The summed E-state index contributed by atoms with van der Waals surface area (Å²) in [6.07, 6.45) is 3.53. The largest absolute Gasteiger partial charge is 0.504 e. The van der Waals surface area contributed by atoms with Crippen molar-refractivity contribution in [2.75, 3.05) is 6.61 Å². The van der Waals surface area contributed by atoms with Gasteiger partial charge in [0, 0.05) is 11.1 Å². The Hall–Kier alpha value is -2.55. The molecule has 124 valence electrons. The Morgan fingerprint density at radius 2 is 1.96 bits per heavy atom. The monoisotopic (exact) mass is 322 g/mol. The molecule has 0 saturated heterocycles. The molecule has 0 radical (unpaired) electrons. The zero-order valence-corrected chi connectivity index (χ0v) is 14.3. The summed E-state index contributed by atoms with van der Waals surface area (Å²) in [6.45, 7) is 6.45. The van der Waals surface area contributed by atoms with Gasteiger partial charge in [-0.3, -0.25) is 4.79 Å². The van der Waals surface area contributed by atoms with E-state index < -0.39 is 0 Å². The highest BCUT2D eigenvalue weighted by Gasteiger charge is 2.23. The van der Waals surface area contributed by atoms with Gasteiger partial charge in [-0.05, 0) is 74.6 Å². The molecule has 0 unspecified atom stereocenters. The Bertz CT molecular complexity index is 831. The molecule has 3 rings (SSSR count). The Labute approximate surface area is 142 Å². The molecule has 0 atom stereocenters. The van der Waals surface area contributed by atoms with Crippen LogP contribution in [0.2, 0.25) is 0 Å². The number of aromatic hydroxyl groups is 1. The van der Waals surface area contributed by atoms with Crippen LogP contribution in [0.1, 0.15) is 46.0 Å². The number of ether oxygens (including phenoxy) is 1. The van der Waals surface area contributed by atoms with E-state index in [-0.39, 0.29) is 11.5 Å². The quantitative estimate of drug-likeness (QED) is 0.839. The second kappa shape index (κ2) is 6.52. The SMILES string of the molecule is CCOc1cc(C=C2CCc3c(C)cc(C)cc3C2=O)ccc1O. The summed E-state index contributed by atoms with van der Waals surface area (Å²) >= 11 is 0. The number of carbonyl (C=O) groups is 1. The molecule has 0 aliphatic heterocycles. The van der Waals surface area contributed by atoms with Crippen molar-refractivity contribution in [3.8, 4) is 11.5 Å². The zero-order chi connectivity index (χ0) is 17.3. The highest BCUT2D eigenvalue weighted by Crippen LogP contribution is 2.32. The van der Waals surface area contributed by atoms with Crippen molar-refractivity contribution in [3.63, 3.8) is 0 Å². The number of hydrogen-bond acceptors (Lipinski definition) is 3. The van der Waals surface area contributed by atoms with Crippen molar-refractivity contribution in [1.29, 1.82) is 0 Å². The fourth-order valence-corrected chi connectivity index (χ4v) is 3.31. The van der Waals surface area contributed by atoms with E-state index >= 15 is 0 Å². The van der Waals surface area contributed by atoms with Crippen LogP contribution in [0.4, 0.5) is 0 Å². The summed E-state index contributed by atoms with van der Waals surface area (Å²) in [5, 5.41) is 9.80. The number of fused-ring (bicyclic) bond motifs is 1. The van der Waals surface area contributed by atoms with Gasteiger partial charge in [0.25, 0.3) is 0 Å². The number of ketones is 1. The normalized spacial score (nSPS) is 15.5. The second-order valence-corrected chi connectivity index (χ2v) is 6.27. The first kappa shape index (κ1) is 16.3. The van der Waals surface area contributed by atoms with Gasteiger partial charge in [0.15, 0.2) is 17.3 Å². The first-order valence-corrected chi connectivity index (χ1v) is 8.30. The van der Waals surface area contributed by atoms with Crippen LogP contribution in [0.3, 0.4) is 0 Å². The van der Waals surface area contributed by atoms with E-state index in [9.17, 15) is 9.90 Å². The molecule has 0 heterocycles. The van der Waals surface area contributed by atoms with Crippen LogP contribution in [0.5, 0.6) is 11.5 Å². The van der Waals surface area contributed by atoms with Gasteiger partial charge in [0.1, 0.15) is 0 Å². The fourth-order valence-electron chi connectivity index (χ4n) is 3.31. The Morgan fingerprint density at radius 1 is 1.17 bits per heavy atom. The van der Waals surface area contributed by atoms with Gasteiger partial charge in [-0.15, -0.1) is 0 Å². The van der Waals surface area contributed by atoms with E-state index in [0.29, 0.717) is 12.4 Å². The molecule has 0 saturated carbocycles. The lowest BCUT2D eigenvalue weighted by Crippen LogP contribution is -2.15. The predicted molar refractivity (Wildman–Crippen MR) is 95.8 cm³/mol. The molecule has 3 nitrogen and oxygen atoms in total. The minimum Gasteiger partial charge on any atom is -0.504 e. The third-order valence-corrected chi connectivity index (χ3v) is 4.42. The summed E-state index contributed by atoms with van der Waals surface area (Å²) in [6, 6.07) is 9.30. The number of aryl methyl sites for hydroxylation is 2. The standard InChI is InChI=1S/C21H22O3/c1-4-24-20-12-15(5-8-19(20)22)11-16-6-7-17-14(3)9-13(2)10-18(17)21(16)23/h5,8-12,22H,4,6-7H2,1-3H3. The van der Waals surface area contributed by atoms with Crippen LogP contribution in [-0.4, -0.2) is 17.5 Å². The van der Waals surface area contributed by atoms with Crippen molar-refractivity contribution >= 4 is 11.9 Å². The maximum atomic E-state index is 12.9. The number of benzene rings is 2. The number of phenolic OH excluding ortho intramolecular Hbond substituents is 1. The summed E-state index contributed by atoms with van der Waals surface area (Å²) in [5.74, 6) is 0.668. The summed E-state index contributed by atoms with van der Waals surface area (Å²) < 4.78 is 5.42. The molecule has 0 bridgehead atoms. The molecule has 1 N–H and O–H groups in total. The van der Waals surface area contributed by atoms with Gasteiger partial charge in [0.2, 0.25) is 0 Å². The average molecular weight is 322 g/mol. The lowest BCUT2D eigenvalue weighted by Gasteiger charge is -2.20. The summed E-state index contributed by atoms with van der Waals surface area (Å²) in [4.78, 5) is 12.9. The van der Waals surface area contributed by atoms with Crippen molar-refractivity contribution in [2.45, 2.75) is 33.6 Å². The molecule has 2 aromatic rings. The van der Waals surface area contributed by atoms with Crippen LogP contribution in [-0.2, 0) is 6.42 Å². The Balaban J connectivity index is 1.97. The van der Waals surface area contributed by atoms with Gasteiger partial charge < -0.3 is 9.84 Å². The van der Waals surface area contributed by atoms with Crippen molar-refractivity contribution < 1.29 is 14.6 Å². The topological polar surface area (TPSA) is 46.5 Å². The van der Waals surface area contributed by atoms with Crippen LogP contribution in [0, 0.1) is 13.8 Å². The van der Waals surface area contributed by atoms with Gasteiger partial charge >= 0.3 is 0 Å². The molecular weight excluding hydrogens is 300 g/mol. The minimum absolute atomic E-state index is 0.106. The molecule has 0 amide bonds. The molecule has 2 aromatic carbocycles. The average Bonchev–Trinajstić information content (AvgIpc) is 2.54. The maximum absolute atomic E-state index is 12.9. The lowest BCUT2D eigenvalue weighted by atomic mass is 9.83. The number of allylic oxidation sites excluding steroid dienone is 1. The van der Waals surface area contributed by atoms with E-state index in [1.807, 2.05) is 26.0 Å². The third-order valence-electron chi connectivity index (χ3n) is 4.42. The number of phenols is 1. The molecule has 1 aliphatic rings. The van der Waals surface area contributed by atoms with Gasteiger partial charge in [-0.25, -0.2) is 0 Å². The number of rotatable bonds is 3. The predicted octanol–water partition coefficient (Wildman–Crippen LogP) is 4.62. The van der Waals surface area contributed by atoms with Crippen LogP contribution >= 0.6 is 0 Å². The molecule has 0 spiro atoms. The second-order valence-electron chi connectivity index (χ2n) is 6.27. The van der Waals surface area contributed by atoms with Crippen molar-refractivity contribution in [2.24, 2.45) is 0 Å². The molecule has 0 fully saturated rings. The molecule has 24 heavy (non-hydrogen) atoms. The van der Waals surface area contributed by atoms with Crippen molar-refractivity contribution in [1.82, 2.24) is 0 Å². The zero-order valence-electron chi connectivity index (χ0n) is 14.3. The molecule has 1 aliphatic carbocycles. The first-order valence-electron chi connectivity index (χ1n) is 8.30. The first-order chi connectivity index (χ1) is 11.5. The third kappa shape index (κ3) is 3.07. The van der Waals surface area contributed by atoms with E-state index in [1.54, 1.807) is 18.2 Å². The highest BCUT2D eigenvalue weighted by atomic mass is 16.5. The maximum Gasteiger partial charge on any atom is 0.189 e.